The van der Waals surface area contributed by atoms with Crippen molar-refractivity contribution >= 4 is 33.2 Å². The Morgan fingerprint density at radius 2 is 1.89 bits per heavy atom. The number of sulfonamides is 1. The predicted octanol–water partition coefficient (Wildman–Crippen LogP) is 3.56. The lowest BCUT2D eigenvalue weighted by Crippen LogP contribution is -2.40. The molecule has 2 unspecified atom stereocenters. The number of hydrogen-bond donors (Lipinski definition) is 1. The normalized spacial score (nSPS) is 24.9. The SMILES string of the molecule is O=S(=O)(NC1CCCCCC1Cl)c1cccc(Cl)c1. The second-order valence-electron chi connectivity index (χ2n) is 4.84. The van der Waals surface area contributed by atoms with Crippen LogP contribution in [0.2, 0.25) is 5.02 Å². The zero-order chi connectivity index (χ0) is 13.9. The summed E-state index contributed by atoms with van der Waals surface area (Å²) in [5.41, 5.74) is 0. The third kappa shape index (κ3) is 4.09. The summed E-state index contributed by atoms with van der Waals surface area (Å²) in [5.74, 6) is 0. The summed E-state index contributed by atoms with van der Waals surface area (Å²) in [7, 11) is -3.55. The number of halogens is 2. The van der Waals surface area contributed by atoms with Gasteiger partial charge in [-0.15, -0.1) is 11.6 Å². The summed E-state index contributed by atoms with van der Waals surface area (Å²) in [6, 6.07) is 6.06. The largest absolute Gasteiger partial charge is 0.240 e. The highest BCUT2D eigenvalue weighted by molar-refractivity contribution is 7.89. The van der Waals surface area contributed by atoms with E-state index in [9.17, 15) is 8.42 Å². The van der Waals surface area contributed by atoms with Crippen molar-refractivity contribution in [2.24, 2.45) is 0 Å². The Balaban J connectivity index is 2.16. The second kappa shape index (κ2) is 6.44. The second-order valence-corrected chi connectivity index (χ2v) is 7.55. The van der Waals surface area contributed by atoms with Crippen LogP contribution in [0.4, 0.5) is 0 Å². The smallest absolute Gasteiger partial charge is 0.207 e. The van der Waals surface area contributed by atoms with E-state index in [1.807, 2.05) is 0 Å². The molecule has 106 valence electrons. The lowest BCUT2D eigenvalue weighted by Gasteiger charge is -2.21. The van der Waals surface area contributed by atoms with Gasteiger partial charge in [-0.25, -0.2) is 13.1 Å². The first kappa shape index (κ1) is 15.1. The molecule has 1 aliphatic rings. The van der Waals surface area contributed by atoms with Crippen molar-refractivity contribution in [3.8, 4) is 0 Å². The van der Waals surface area contributed by atoms with Crippen LogP contribution in [-0.2, 0) is 10.0 Å². The molecule has 1 saturated carbocycles. The molecule has 2 rings (SSSR count). The highest BCUT2D eigenvalue weighted by Crippen LogP contribution is 2.24. The van der Waals surface area contributed by atoms with Gasteiger partial charge in [0, 0.05) is 16.4 Å². The van der Waals surface area contributed by atoms with Crippen molar-refractivity contribution in [1.82, 2.24) is 4.72 Å². The lowest BCUT2D eigenvalue weighted by molar-refractivity contribution is 0.514. The van der Waals surface area contributed by atoms with Gasteiger partial charge >= 0.3 is 0 Å². The summed E-state index contributed by atoms with van der Waals surface area (Å²) in [5, 5.41) is 0.266. The van der Waals surface area contributed by atoms with Crippen molar-refractivity contribution < 1.29 is 8.42 Å². The zero-order valence-electron chi connectivity index (χ0n) is 10.5. The van der Waals surface area contributed by atoms with Crippen LogP contribution in [0.25, 0.3) is 0 Å². The molecule has 19 heavy (non-hydrogen) atoms. The van der Waals surface area contributed by atoms with Crippen LogP contribution in [0, 0.1) is 0 Å². The summed E-state index contributed by atoms with van der Waals surface area (Å²) in [6.07, 6.45) is 4.81. The van der Waals surface area contributed by atoms with Crippen LogP contribution in [-0.4, -0.2) is 19.8 Å². The van der Waals surface area contributed by atoms with Crippen LogP contribution in [0.1, 0.15) is 32.1 Å². The van der Waals surface area contributed by atoms with Gasteiger partial charge in [0.25, 0.3) is 0 Å². The van der Waals surface area contributed by atoms with E-state index in [-0.39, 0.29) is 16.3 Å². The maximum Gasteiger partial charge on any atom is 0.240 e. The van der Waals surface area contributed by atoms with E-state index in [1.54, 1.807) is 12.1 Å². The molecule has 0 amide bonds. The average molecular weight is 322 g/mol. The highest BCUT2D eigenvalue weighted by atomic mass is 35.5. The van der Waals surface area contributed by atoms with Gasteiger partial charge in [0.15, 0.2) is 0 Å². The molecular formula is C13H17Cl2NO2S. The summed E-state index contributed by atoms with van der Waals surface area (Å²) in [4.78, 5) is 0.188. The van der Waals surface area contributed by atoms with Crippen molar-refractivity contribution in [1.29, 1.82) is 0 Å². The molecule has 1 aromatic carbocycles. The Kier molecular flexibility index (Phi) is 5.12. The van der Waals surface area contributed by atoms with Gasteiger partial charge in [-0.3, -0.25) is 0 Å². The molecule has 0 aromatic heterocycles. The topological polar surface area (TPSA) is 46.2 Å². The molecule has 0 aliphatic heterocycles. The van der Waals surface area contributed by atoms with Crippen LogP contribution >= 0.6 is 23.2 Å². The Hall–Kier alpha value is -0.290. The molecule has 0 bridgehead atoms. The van der Waals surface area contributed by atoms with E-state index in [2.05, 4.69) is 4.72 Å². The van der Waals surface area contributed by atoms with E-state index in [1.165, 1.54) is 12.1 Å². The van der Waals surface area contributed by atoms with Crippen LogP contribution in [0.3, 0.4) is 0 Å². The van der Waals surface area contributed by atoms with Gasteiger partial charge in [0.05, 0.1) is 4.90 Å². The third-order valence-corrected chi connectivity index (χ3v) is 5.59. The average Bonchev–Trinajstić information content (AvgIpc) is 2.55. The molecule has 0 radical (unpaired) electrons. The molecule has 0 heterocycles. The number of alkyl halides is 1. The van der Waals surface area contributed by atoms with Crippen molar-refractivity contribution in [3.05, 3.63) is 29.3 Å². The van der Waals surface area contributed by atoms with Gasteiger partial charge in [-0.05, 0) is 31.0 Å². The first-order chi connectivity index (χ1) is 8.99. The molecule has 1 aliphatic carbocycles. The zero-order valence-corrected chi connectivity index (χ0v) is 12.8. The monoisotopic (exact) mass is 321 g/mol. The number of nitrogens with one attached hydrogen (secondary N) is 1. The van der Waals surface area contributed by atoms with Crippen molar-refractivity contribution in [2.75, 3.05) is 0 Å². The third-order valence-electron chi connectivity index (χ3n) is 3.34. The molecule has 0 spiro atoms. The lowest BCUT2D eigenvalue weighted by atomic mass is 10.1. The fourth-order valence-electron chi connectivity index (χ4n) is 2.30. The first-order valence-corrected chi connectivity index (χ1v) is 8.71. The molecule has 6 heteroatoms. The van der Waals surface area contributed by atoms with E-state index < -0.39 is 10.0 Å². The summed E-state index contributed by atoms with van der Waals surface area (Å²) in [6.45, 7) is 0. The quantitative estimate of drug-likeness (QED) is 0.683. The predicted molar refractivity (Wildman–Crippen MR) is 78.3 cm³/mol. The molecule has 3 nitrogen and oxygen atoms in total. The van der Waals surface area contributed by atoms with Gasteiger partial charge in [-0.2, -0.15) is 0 Å². The first-order valence-electron chi connectivity index (χ1n) is 6.41. The maximum atomic E-state index is 12.3. The highest BCUT2D eigenvalue weighted by Gasteiger charge is 2.27. The van der Waals surface area contributed by atoms with Gasteiger partial charge in [-0.1, -0.05) is 36.9 Å². The van der Waals surface area contributed by atoms with E-state index in [0.29, 0.717) is 5.02 Å². The minimum Gasteiger partial charge on any atom is -0.207 e. The summed E-state index contributed by atoms with van der Waals surface area (Å²) >= 11 is 12.1. The van der Waals surface area contributed by atoms with E-state index in [4.69, 9.17) is 23.2 Å². The Morgan fingerprint density at radius 1 is 1.16 bits per heavy atom. The van der Waals surface area contributed by atoms with Gasteiger partial charge < -0.3 is 0 Å². The Morgan fingerprint density at radius 3 is 2.63 bits per heavy atom. The minimum absolute atomic E-state index is 0.142. The fourth-order valence-corrected chi connectivity index (χ4v) is 4.33. The van der Waals surface area contributed by atoms with Crippen LogP contribution < -0.4 is 4.72 Å². The Labute approximate surface area is 124 Å². The van der Waals surface area contributed by atoms with E-state index >= 15 is 0 Å². The van der Waals surface area contributed by atoms with Crippen molar-refractivity contribution in [2.45, 2.75) is 48.4 Å². The Bertz CT molecular complexity index is 533. The molecule has 2 atom stereocenters. The maximum absolute atomic E-state index is 12.3. The summed E-state index contributed by atoms with van der Waals surface area (Å²) < 4.78 is 27.3. The molecule has 1 fully saturated rings. The van der Waals surface area contributed by atoms with Crippen LogP contribution in [0.5, 0.6) is 0 Å². The van der Waals surface area contributed by atoms with E-state index in [0.717, 1.165) is 32.1 Å². The molecule has 1 N–H and O–H groups in total. The minimum atomic E-state index is -3.55. The molecule has 0 saturated heterocycles. The van der Waals surface area contributed by atoms with Gasteiger partial charge in [0.1, 0.15) is 0 Å². The number of hydrogen-bond acceptors (Lipinski definition) is 2. The standard InChI is InChI=1S/C13H17Cl2NO2S/c14-10-5-4-6-11(9-10)19(17,18)16-13-8-3-1-2-7-12(13)15/h4-6,9,12-13,16H,1-3,7-8H2. The van der Waals surface area contributed by atoms with Gasteiger partial charge in [0.2, 0.25) is 10.0 Å². The van der Waals surface area contributed by atoms with Crippen LogP contribution in [0.15, 0.2) is 29.2 Å². The molecular weight excluding hydrogens is 305 g/mol. The fraction of sp³-hybridized carbons (Fsp3) is 0.538. The number of benzene rings is 1. The molecule has 1 aromatic rings. The van der Waals surface area contributed by atoms with Crippen molar-refractivity contribution in [3.63, 3.8) is 0 Å². The number of rotatable bonds is 3.